The number of aromatic nitrogens is 4. The Morgan fingerprint density at radius 3 is 2.88 bits per heavy atom. The molecule has 1 unspecified atom stereocenters. The first-order chi connectivity index (χ1) is 12.6. The van der Waals surface area contributed by atoms with Crippen molar-refractivity contribution in [1.29, 1.82) is 0 Å². The van der Waals surface area contributed by atoms with Crippen LogP contribution in [-0.4, -0.2) is 44.4 Å². The van der Waals surface area contributed by atoms with Crippen molar-refractivity contribution < 1.29 is 4.74 Å². The first-order valence-corrected chi connectivity index (χ1v) is 9.50. The maximum Gasteiger partial charge on any atom is 0.345 e. The quantitative estimate of drug-likeness (QED) is 0.787. The van der Waals surface area contributed by atoms with Crippen molar-refractivity contribution in [2.24, 2.45) is 5.92 Å². The molecular formula is C19H27N5O2. The molecule has 0 aromatic carbocycles. The molecular weight excluding hydrogens is 330 g/mol. The van der Waals surface area contributed by atoms with Gasteiger partial charge in [0.2, 0.25) is 5.88 Å². The predicted octanol–water partition coefficient (Wildman–Crippen LogP) is 1.70. The monoisotopic (exact) mass is 357 g/mol. The highest BCUT2D eigenvalue weighted by molar-refractivity contribution is 5.15. The summed E-state index contributed by atoms with van der Waals surface area (Å²) in [6.45, 7) is 2.32. The second-order valence-electron chi connectivity index (χ2n) is 7.54. The lowest BCUT2D eigenvalue weighted by Gasteiger charge is -2.26. The maximum absolute atomic E-state index is 12.6. The van der Waals surface area contributed by atoms with E-state index in [4.69, 9.17) is 4.74 Å². The number of nitrogens with zero attached hydrogens (tertiary/aromatic N) is 5. The molecule has 2 aliphatic rings. The molecule has 4 rings (SSSR count). The van der Waals surface area contributed by atoms with Crippen LogP contribution < -0.4 is 10.4 Å². The van der Waals surface area contributed by atoms with Crippen LogP contribution >= 0.6 is 0 Å². The van der Waals surface area contributed by atoms with Crippen molar-refractivity contribution in [3.05, 3.63) is 40.2 Å². The molecule has 0 bridgehead atoms. The smallest absolute Gasteiger partial charge is 0.345 e. The molecule has 1 saturated carbocycles. The highest BCUT2D eigenvalue weighted by Crippen LogP contribution is 2.30. The fourth-order valence-corrected chi connectivity index (χ4v) is 3.76. The number of hydrogen-bond donors (Lipinski definition) is 0. The van der Waals surface area contributed by atoms with Gasteiger partial charge in [-0.2, -0.15) is 5.10 Å². The Kier molecular flexibility index (Phi) is 4.80. The Morgan fingerprint density at radius 2 is 2.12 bits per heavy atom. The third kappa shape index (κ3) is 3.67. The first-order valence-electron chi connectivity index (χ1n) is 9.50. The average Bonchev–Trinajstić information content (AvgIpc) is 3.44. The van der Waals surface area contributed by atoms with Gasteiger partial charge in [0.1, 0.15) is 5.82 Å². The SMILES string of the molecule is COc1cccc(CN(C)C2CCc3nn(CC4CC4)c(=O)n3CC2)n1. The molecule has 7 heteroatoms. The van der Waals surface area contributed by atoms with Crippen molar-refractivity contribution in [3.63, 3.8) is 0 Å². The van der Waals surface area contributed by atoms with Gasteiger partial charge in [0.25, 0.3) is 0 Å². The second kappa shape index (κ2) is 7.23. The Labute approximate surface area is 153 Å². The largest absolute Gasteiger partial charge is 0.481 e. The minimum absolute atomic E-state index is 0.0738. The van der Waals surface area contributed by atoms with Crippen LogP contribution in [0, 0.1) is 5.92 Å². The maximum atomic E-state index is 12.6. The molecule has 0 N–H and O–H groups in total. The van der Waals surface area contributed by atoms with E-state index >= 15 is 0 Å². The van der Waals surface area contributed by atoms with Gasteiger partial charge in [0.15, 0.2) is 0 Å². The van der Waals surface area contributed by atoms with E-state index in [-0.39, 0.29) is 5.69 Å². The zero-order chi connectivity index (χ0) is 18.1. The number of fused-ring (bicyclic) bond motifs is 1. The van der Waals surface area contributed by atoms with Gasteiger partial charge in [-0.25, -0.2) is 14.5 Å². The van der Waals surface area contributed by atoms with Gasteiger partial charge in [-0.3, -0.25) is 9.47 Å². The topological polar surface area (TPSA) is 65.2 Å². The van der Waals surface area contributed by atoms with Gasteiger partial charge in [-0.1, -0.05) is 6.07 Å². The van der Waals surface area contributed by atoms with Crippen LogP contribution in [0.1, 0.15) is 37.2 Å². The second-order valence-corrected chi connectivity index (χ2v) is 7.54. The van der Waals surface area contributed by atoms with Gasteiger partial charge in [0.05, 0.1) is 12.8 Å². The van der Waals surface area contributed by atoms with E-state index in [1.165, 1.54) is 12.8 Å². The number of aryl methyl sites for hydroxylation is 1. The van der Waals surface area contributed by atoms with Gasteiger partial charge in [-0.15, -0.1) is 0 Å². The summed E-state index contributed by atoms with van der Waals surface area (Å²) < 4.78 is 8.79. The molecule has 2 aromatic heterocycles. The number of methoxy groups -OCH3 is 1. The van der Waals surface area contributed by atoms with Crippen LogP contribution in [0.3, 0.4) is 0 Å². The molecule has 140 valence electrons. The summed E-state index contributed by atoms with van der Waals surface area (Å²) in [5.41, 5.74) is 1.07. The minimum atomic E-state index is 0.0738. The summed E-state index contributed by atoms with van der Waals surface area (Å²) in [6, 6.07) is 6.28. The molecule has 0 amide bonds. The van der Waals surface area contributed by atoms with E-state index in [1.807, 2.05) is 22.8 Å². The predicted molar refractivity (Wildman–Crippen MR) is 98.2 cm³/mol. The van der Waals surface area contributed by atoms with Crippen molar-refractivity contribution in [1.82, 2.24) is 24.2 Å². The molecule has 3 heterocycles. The van der Waals surface area contributed by atoms with E-state index < -0.39 is 0 Å². The lowest BCUT2D eigenvalue weighted by Crippen LogP contribution is -2.33. The Hall–Kier alpha value is -2.15. The Bertz CT molecular complexity index is 824. The van der Waals surface area contributed by atoms with Gasteiger partial charge < -0.3 is 4.74 Å². The third-order valence-electron chi connectivity index (χ3n) is 5.54. The summed E-state index contributed by atoms with van der Waals surface area (Å²) in [5.74, 6) is 2.26. The number of ether oxygens (including phenoxy) is 1. The van der Waals surface area contributed by atoms with Crippen molar-refractivity contribution in [2.45, 2.75) is 57.8 Å². The minimum Gasteiger partial charge on any atom is -0.481 e. The number of pyridine rings is 1. The zero-order valence-corrected chi connectivity index (χ0v) is 15.6. The van der Waals surface area contributed by atoms with Crippen LogP contribution in [0.2, 0.25) is 0 Å². The highest BCUT2D eigenvalue weighted by Gasteiger charge is 2.27. The summed E-state index contributed by atoms with van der Waals surface area (Å²) in [4.78, 5) is 19.4. The van der Waals surface area contributed by atoms with Crippen molar-refractivity contribution in [2.75, 3.05) is 14.2 Å². The normalized spacial score (nSPS) is 20.0. The number of rotatable bonds is 6. The fraction of sp³-hybridized carbons (Fsp3) is 0.632. The van der Waals surface area contributed by atoms with Crippen LogP contribution in [0.4, 0.5) is 0 Å². The Morgan fingerprint density at radius 1 is 1.27 bits per heavy atom. The molecule has 1 fully saturated rings. The summed E-state index contributed by atoms with van der Waals surface area (Å²) in [5, 5.41) is 4.61. The lowest BCUT2D eigenvalue weighted by atomic mass is 10.1. The van der Waals surface area contributed by atoms with E-state index in [0.717, 1.165) is 50.4 Å². The van der Waals surface area contributed by atoms with Crippen LogP contribution in [0.25, 0.3) is 0 Å². The van der Waals surface area contributed by atoms with E-state index in [0.29, 0.717) is 17.8 Å². The number of hydrogen-bond acceptors (Lipinski definition) is 5. The van der Waals surface area contributed by atoms with Crippen molar-refractivity contribution in [3.8, 4) is 5.88 Å². The summed E-state index contributed by atoms with van der Waals surface area (Å²) in [6.07, 6.45) is 5.30. The van der Waals surface area contributed by atoms with Crippen LogP contribution in [0.15, 0.2) is 23.0 Å². The van der Waals surface area contributed by atoms with Crippen LogP contribution in [-0.2, 0) is 26.1 Å². The molecule has 0 spiro atoms. The van der Waals surface area contributed by atoms with Crippen molar-refractivity contribution >= 4 is 0 Å². The molecule has 2 aromatic rings. The molecule has 0 radical (unpaired) electrons. The Balaban J connectivity index is 1.41. The van der Waals surface area contributed by atoms with E-state index in [9.17, 15) is 4.79 Å². The van der Waals surface area contributed by atoms with Gasteiger partial charge in [-0.05, 0) is 44.7 Å². The van der Waals surface area contributed by atoms with E-state index in [1.54, 1.807) is 11.8 Å². The van der Waals surface area contributed by atoms with Gasteiger partial charge >= 0.3 is 5.69 Å². The van der Waals surface area contributed by atoms with E-state index in [2.05, 4.69) is 22.0 Å². The molecule has 1 aliphatic heterocycles. The highest BCUT2D eigenvalue weighted by atomic mass is 16.5. The molecule has 1 atom stereocenters. The molecule has 1 aliphatic carbocycles. The lowest BCUT2D eigenvalue weighted by molar-refractivity contribution is 0.207. The molecule has 0 saturated heterocycles. The summed E-state index contributed by atoms with van der Waals surface area (Å²) >= 11 is 0. The first kappa shape index (κ1) is 17.3. The van der Waals surface area contributed by atoms with Crippen LogP contribution in [0.5, 0.6) is 5.88 Å². The average molecular weight is 357 g/mol. The summed E-state index contributed by atoms with van der Waals surface area (Å²) in [7, 11) is 3.77. The molecule has 26 heavy (non-hydrogen) atoms. The van der Waals surface area contributed by atoms with Gasteiger partial charge in [0, 0.05) is 38.2 Å². The molecule has 7 nitrogen and oxygen atoms in total. The standard InChI is InChI=1S/C19H27N5O2/c1-22(13-15-4-3-5-18(20-15)26-2)16-8-9-17-21-24(12-14-6-7-14)19(25)23(17)11-10-16/h3-5,14,16H,6-13H2,1-2H3. The fourth-order valence-electron chi connectivity index (χ4n) is 3.76. The zero-order valence-electron chi connectivity index (χ0n) is 15.6. The third-order valence-corrected chi connectivity index (χ3v) is 5.54.